The molecule has 0 spiro atoms. The Hall–Kier alpha value is -0.790. The molecule has 1 aliphatic heterocycles. The van der Waals surface area contributed by atoms with Crippen LogP contribution in [0, 0.1) is 5.92 Å². The Kier molecular flexibility index (Phi) is 6.31. The van der Waals surface area contributed by atoms with Crippen LogP contribution in [-0.2, 0) is 4.79 Å². The molecule has 0 fully saturated rings. The topological polar surface area (TPSA) is 20.3 Å². The molecule has 0 aromatic carbocycles. The van der Waals surface area contributed by atoms with Crippen LogP contribution in [0.1, 0.15) is 59.3 Å². The maximum Gasteiger partial charge on any atom is 0.160 e. The second-order valence-corrected chi connectivity index (χ2v) is 5.50. The summed E-state index contributed by atoms with van der Waals surface area (Å²) in [6, 6.07) is 0. The summed E-state index contributed by atoms with van der Waals surface area (Å²) in [7, 11) is 0. The summed E-state index contributed by atoms with van der Waals surface area (Å²) in [6.45, 7) is 8.83. The summed E-state index contributed by atoms with van der Waals surface area (Å²) < 4.78 is 0. The van der Waals surface area contributed by atoms with Gasteiger partial charge in [-0.1, -0.05) is 27.2 Å². The van der Waals surface area contributed by atoms with Crippen molar-refractivity contribution in [2.75, 3.05) is 13.1 Å². The fourth-order valence-corrected chi connectivity index (χ4v) is 2.33. The minimum Gasteiger partial charge on any atom is -0.377 e. The molecule has 0 bridgehead atoms. The molecule has 0 radical (unpaired) electrons. The number of rotatable bonds is 7. The van der Waals surface area contributed by atoms with E-state index in [4.69, 9.17) is 0 Å². The van der Waals surface area contributed by atoms with Crippen molar-refractivity contribution in [3.8, 4) is 0 Å². The summed E-state index contributed by atoms with van der Waals surface area (Å²) in [5.74, 6) is 1.09. The average Bonchev–Trinajstić information content (AvgIpc) is 2.29. The van der Waals surface area contributed by atoms with Gasteiger partial charge in [-0.15, -0.1) is 0 Å². The second-order valence-electron chi connectivity index (χ2n) is 5.50. The van der Waals surface area contributed by atoms with Crippen LogP contribution in [0.2, 0.25) is 0 Å². The zero-order chi connectivity index (χ0) is 12.7. The summed E-state index contributed by atoms with van der Waals surface area (Å²) in [6.07, 6.45) is 8.35. The Morgan fingerprint density at radius 2 is 2.24 bits per heavy atom. The largest absolute Gasteiger partial charge is 0.377 e. The Morgan fingerprint density at radius 3 is 2.88 bits per heavy atom. The van der Waals surface area contributed by atoms with Crippen molar-refractivity contribution in [3.05, 3.63) is 11.8 Å². The molecule has 0 N–H and O–H groups in total. The van der Waals surface area contributed by atoms with Gasteiger partial charge < -0.3 is 4.90 Å². The minimum absolute atomic E-state index is 0.381. The molecule has 0 saturated heterocycles. The summed E-state index contributed by atoms with van der Waals surface area (Å²) in [4.78, 5) is 14.3. The van der Waals surface area contributed by atoms with E-state index in [1.807, 2.05) is 0 Å². The van der Waals surface area contributed by atoms with Gasteiger partial charge in [0.15, 0.2) is 5.78 Å². The van der Waals surface area contributed by atoms with Gasteiger partial charge in [-0.05, 0) is 31.6 Å². The van der Waals surface area contributed by atoms with Crippen LogP contribution in [0.3, 0.4) is 0 Å². The molecule has 2 heteroatoms. The van der Waals surface area contributed by atoms with Crippen molar-refractivity contribution in [3.63, 3.8) is 0 Å². The molecule has 0 saturated carbocycles. The van der Waals surface area contributed by atoms with Crippen LogP contribution in [0.4, 0.5) is 0 Å². The van der Waals surface area contributed by atoms with E-state index in [1.165, 1.54) is 0 Å². The van der Waals surface area contributed by atoms with Crippen LogP contribution < -0.4 is 0 Å². The van der Waals surface area contributed by atoms with E-state index in [-0.39, 0.29) is 0 Å². The molecule has 0 aromatic rings. The van der Waals surface area contributed by atoms with Crippen LogP contribution in [-0.4, -0.2) is 23.8 Å². The van der Waals surface area contributed by atoms with Crippen LogP contribution >= 0.6 is 0 Å². The van der Waals surface area contributed by atoms with Gasteiger partial charge in [-0.3, -0.25) is 4.79 Å². The Bertz CT molecular complexity index is 268. The van der Waals surface area contributed by atoms with Crippen molar-refractivity contribution in [1.82, 2.24) is 4.90 Å². The fraction of sp³-hybridized carbons (Fsp3) is 0.800. The number of allylic oxidation sites excluding steroid dienone is 1. The molecule has 0 amide bonds. The molecular weight excluding hydrogens is 210 g/mol. The molecule has 0 aromatic heterocycles. The van der Waals surface area contributed by atoms with Crippen molar-refractivity contribution in [1.29, 1.82) is 0 Å². The van der Waals surface area contributed by atoms with E-state index in [0.29, 0.717) is 11.7 Å². The van der Waals surface area contributed by atoms with E-state index in [9.17, 15) is 4.79 Å². The normalized spacial score (nSPS) is 16.2. The predicted octanol–water partition coefficient (Wildman–Crippen LogP) is 3.77. The van der Waals surface area contributed by atoms with E-state index in [0.717, 1.165) is 57.2 Å². The smallest absolute Gasteiger partial charge is 0.160 e. The number of carbonyl (C=O) groups excluding carboxylic acids is 1. The predicted molar refractivity (Wildman–Crippen MR) is 72.9 cm³/mol. The third-order valence-electron chi connectivity index (χ3n) is 3.28. The minimum atomic E-state index is 0.381. The molecule has 2 nitrogen and oxygen atoms in total. The van der Waals surface area contributed by atoms with Gasteiger partial charge in [0.1, 0.15) is 0 Å². The second kappa shape index (κ2) is 7.52. The summed E-state index contributed by atoms with van der Waals surface area (Å²) in [5.41, 5.74) is 1.06. The van der Waals surface area contributed by atoms with Crippen molar-refractivity contribution in [2.24, 2.45) is 5.92 Å². The SMILES string of the molecule is CCCN1C=C(C(=O)CCCC(C)C)CCC1. The van der Waals surface area contributed by atoms with Gasteiger partial charge in [0.05, 0.1) is 0 Å². The Morgan fingerprint density at radius 1 is 1.47 bits per heavy atom. The number of hydrogen-bond donors (Lipinski definition) is 0. The summed E-state index contributed by atoms with van der Waals surface area (Å²) >= 11 is 0. The molecule has 1 heterocycles. The Labute approximate surface area is 106 Å². The first kappa shape index (κ1) is 14.3. The van der Waals surface area contributed by atoms with Crippen LogP contribution in [0.15, 0.2) is 11.8 Å². The lowest BCUT2D eigenvalue weighted by atomic mass is 9.97. The van der Waals surface area contributed by atoms with Gasteiger partial charge in [0, 0.05) is 31.3 Å². The number of nitrogens with zero attached hydrogens (tertiary/aromatic N) is 1. The lowest BCUT2D eigenvalue weighted by Gasteiger charge is -2.25. The first-order valence-electron chi connectivity index (χ1n) is 7.11. The number of hydrogen-bond acceptors (Lipinski definition) is 2. The maximum atomic E-state index is 12.0. The van der Waals surface area contributed by atoms with Gasteiger partial charge in [-0.25, -0.2) is 0 Å². The van der Waals surface area contributed by atoms with E-state index in [2.05, 4.69) is 31.9 Å². The van der Waals surface area contributed by atoms with Crippen LogP contribution in [0.25, 0.3) is 0 Å². The molecule has 0 unspecified atom stereocenters. The molecule has 0 aliphatic carbocycles. The molecule has 1 rings (SSSR count). The van der Waals surface area contributed by atoms with E-state index in [1.54, 1.807) is 0 Å². The molecule has 1 aliphatic rings. The lowest BCUT2D eigenvalue weighted by molar-refractivity contribution is -0.116. The Balaban J connectivity index is 2.39. The zero-order valence-corrected chi connectivity index (χ0v) is 11.7. The lowest BCUT2D eigenvalue weighted by Crippen LogP contribution is -2.25. The highest BCUT2D eigenvalue weighted by molar-refractivity contribution is 5.95. The van der Waals surface area contributed by atoms with Gasteiger partial charge >= 0.3 is 0 Å². The van der Waals surface area contributed by atoms with Gasteiger partial charge in [0.25, 0.3) is 0 Å². The monoisotopic (exact) mass is 237 g/mol. The molecule has 98 valence electrons. The first-order chi connectivity index (χ1) is 8.13. The highest BCUT2D eigenvalue weighted by Gasteiger charge is 2.15. The zero-order valence-electron chi connectivity index (χ0n) is 11.7. The van der Waals surface area contributed by atoms with E-state index >= 15 is 0 Å². The number of ketones is 1. The number of carbonyl (C=O) groups is 1. The third kappa shape index (κ3) is 5.38. The average molecular weight is 237 g/mol. The van der Waals surface area contributed by atoms with Crippen molar-refractivity contribution < 1.29 is 4.79 Å². The first-order valence-corrected chi connectivity index (χ1v) is 7.11. The fourth-order valence-electron chi connectivity index (χ4n) is 2.33. The molecule has 0 atom stereocenters. The quantitative estimate of drug-likeness (QED) is 0.671. The maximum absolute atomic E-state index is 12.0. The van der Waals surface area contributed by atoms with Crippen molar-refractivity contribution >= 4 is 5.78 Å². The van der Waals surface area contributed by atoms with Crippen molar-refractivity contribution in [2.45, 2.75) is 59.3 Å². The molecular formula is C15H27NO. The molecule has 17 heavy (non-hydrogen) atoms. The summed E-state index contributed by atoms with van der Waals surface area (Å²) in [5, 5.41) is 0. The van der Waals surface area contributed by atoms with Crippen LogP contribution in [0.5, 0.6) is 0 Å². The standard InChI is InChI=1S/C15H27NO/c1-4-10-16-11-6-8-14(12-16)15(17)9-5-7-13(2)3/h12-13H,4-11H2,1-3H3. The number of Topliss-reactive ketones (excluding diaryl/α,β-unsaturated/α-hetero) is 1. The third-order valence-corrected chi connectivity index (χ3v) is 3.28. The van der Waals surface area contributed by atoms with E-state index < -0.39 is 0 Å². The highest BCUT2D eigenvalue weighted by atomic mass is 16.1. The highest BCUT2D eigenvalue weighted by Crippen LogP contribution is 2.18. The van der Waals surface area contributed by atoms with Gasteiger partial charge in [0.2, 0.25) is 0 Å². The van der Waals surface area contributed by atoms with Gasteiger partial charge in [-0.2, -0.15) is 0 Å².